The van der Waals surface area contributed by atoms with Crippen molar-refractivity contribution in [2.45, 2.75) is 30.6 Å². The molecule has 1 saturated heterocycles. The normalized spacial score (nSPS) is 19.5. The minimum absolute atomic E-state index is 0.0264. The second-order valence-corrected chi connectivity index (χ2v) is 10.9. The maximum Gasteiger partial charge on any atom is 0.319 e. The molecule has 34 heavy (non-hydrogen) atoms. The highest BCUT2D eigenvalue weighted by molar-refractivity contribution is 7.91. The molecule has 4 rings (SSSR count). The lowest BCUT2D eigenvalue weighted by atomic mass is 10.1. The van der Waals surface area contributed by atoms with E-state index in [0.717, 1.165) is 0 Å². The summed E-state index contributed by atoms with van der Waals surface area (Å²) in [5.41, 5.74) is 0.707. The van der Waals surface area contributed by atoms with Gasteiger partial charge in [-0.2, -0.15) is 0 Å². The summed E-state index contributed by atoms with van der Waals surface area (Å²) in [6.07, 6.45) is 2.15. The van der Waals surface area contributed by atoms with E-state index < -0.39 is 26.4 Å². The minimum Gasteiger partial charge on any atom is -0.395 e. The van der Waals surface area contributed by atoms with Crippen LogP contribution >= 0.6 is 0 Å². The molecule has 0 unspecified atom stereocenters. The molecular formula is C22H28FN5O5S. The summed E-state index contributed by atoms with van der Waals surface area (Å²) in [6.45, 7) is 3.41. The maximum atomic E-state index is 14.8. The average Bonchev–Trinajstić information content (AvgIpc) is 3.61. The molecule has 184 valence electrons. The van der Waals surface area contributed by atoms with E-state index in [9.17, 15) is 17.6 Å². The van der Waals surface area contributed by atoms with Crippen molar-refractivity contribution in [3.05, 3.63) is 35.8 Å². The lowest BCUT2D eigenvalue weighted by Gasteiger charge is -2.34. The fourth-order valence-corrected chi connectivity index (χ4v) is 5.36. The van der Waals surface area contributed by atoms with Gasteiger partial charge >= 0.3 is 6.03 Å². The molecule has 2 aliphatic rings. The van der Waals surface area contributed by atoms with E-state index in [4.69, 9.17) is 9.84 Å². The van der Waals surface area contributed by atoms with E-state index in [-0.39, 0.29) is 30.7 Å². The Kier molecular flexibility index (Phi) is 6.74. The molecule has 10 nitrogen and oxygen atoms in total. The first kappa shape index (κ1) is 24.3. The van der Waals surface area contributed by atoms with Gasteiger partial charge < -0.3 is 25.4 Å². The van der Waals surface area contributed by atoms with Crippen LogP contribution in [0, 0.1) is 5.82 Å². The lowest BCUT2D eigenvalue weighted by molar-refractivity contribution is 0.0985. The van der Waals surface area contributed by atoms with E-state index >= 15 is 0 Å². The largest absolute Gasteiger partial charge is 0.395 e. The van der Waals surface area contributed by atoms with Gasteiger partial charge in [0.05, 0.1) is 37.2 Å². The molecule has 2 amide bonds. The van der Waals surface area contributed by atoms with Gasteiger partial charge in [0, 0.05) is 31.0 Å². The van der Waals surface area contributed by atoms with Crippen LogP contribution in [0.4, 0.5) is 20.7 Å². The Morgan fingerprint density at radius 2 is 2.09 bits per heavy atom. The number of halogens is 1. The Morgan fingerprint density at radius 1 is 1.32 bits per heavy atom. The number of anilines is 2. The Hall–Kier alpha value is -2.83. The number of nitrogens with zero attached hydrogens (tertiary/aromatic N) is 3. The standard InChI is InChI=1S/C22H28FN5O5S/c1-14-13-33-10-8-28(14)19-12-18(22(5-6-22)34(2,31)32)26-20(27-19)15-3-4-17(16(23)11-15)25-21(30)24-7-9-29/h3-4,11-12,14,29H,5-10,13H2,1-2H3,(H2,24,25,30)/t14-/m0/s1. The highest BCUT2D eigenvalue weighted by Crippen LogP contribution is 2.52. The van der Waals surface area contributed by atoms with Gasteiger partial charge in [-0.3, -0.25) is 0 Å². The summed E-state index contributed by atoms with van der Waals surface area (Å²) in [7, 11) is -3.42. The van der Waals surface area contributed by atoms with Gasteiger partial charge in [0.2, 0.25) is 0 Å². The number of aliphatic hydroxyl groups is 1. The van der Waals surface area contributed by atoms with E-state index in [0.29, 0.717) is 49.7 Å². The number of aromatic nitrogens is 2. The lowest BCUT2D eigenvalue weighted by Crippen LogP contribution is -2.44. The summed E-state index contributed by atoms with van der Waals surface area (Å²) in [5, 5.41) is 13.6. The Labute approximate surface area is 197 Å². The van der Waals surface area contributed by atoms with Crippen molar-refractivity contribution in [1.82, 2.24) is 15.3 Å². The number of hydrogen-bond donors (Lipinski definition) is 3. The third kappa shape index (κ3) is 4.84. The Morgan fingerprint density at radius 3 is 2.71 bits per heavy atom. The van der Waals surface area contributed by atoms with Crippen LogP contribution < -0.4 is 15.5 Å². The summed E-state index contributed by atoms with van der Waals surface area (Å²) in [5.74, 6) is 0.0733. The zero-order valence-corrected chi connectivity index (χ0v) is 19.9. The van der Waals surface area contributed by atoms with Crippen molar-refractivity contribution < 1.29 is 27.4 Å². The first-order valence-electron chi connectivity index (χ1n) is 11.0. The number of sulfone groups is 1. The smallest absolute Gasteiger partial charge is 0.319 e. The minimum atomic E-state index is -3.42. The van der Waals surface area contributed by atoms with Gasteiger partial charge in [0.1, 0.15) is 16.4 Å². The van der Waals surface area contributed by atoms with Crippen molar-refractivity contribution in [2.24, 2.45) is 0 Å². The number of rotatable bonds is 7. The van der Waals surface area contributed by atoms with Crippen LogP contribution in [0.3, 0.4) is 0 Å². The van der Waals surface area contributed by atoms with Crippen molar-refractivity contribution in [1.29, 1.82) is 0 Å². The zero-order chi connectivity index (χ0) is 24.5. The van der Waals surface area contributed by atoms with Crippen LogP contribution in [0.1, 0.15) is 25.5 Å². The van der Waals surface area contributed by atoms with Crippen LogP contribution in [0.15, 0.2) is 24.3 Å². The highest BCUT2D eigenvalue weighted by atomic mass is 32.2. The number of carbonyl (C=O) groups excluding carboxylic acids is 1. The molecule has 2 aromatic rings. The number of morpholine rings is 1. The summed E-state index contributed by atoms with van der Waals surface area (Å²) in [6, 6.07) is 5.26. The maximum absolute atomic E-state index is 14.8. The molecule has 0 bridgehead atoms. The SMILES string of the molecule is C[C@H]1COCCN1c1cc(C2(S(C)(=O)=O)CC2)nc(-c2ccc(NC(=O)NCCO)c(F)c2)n1. The van der Waals surface area contributed by atoms with Gasteiger partial charge in [0.15, 0.2) is 15.7 Å². The number of ether oxygens (including phenoxy) is 1. The molecule has 3 N–H and O–H groups in total. The van der Waals surface area contributed by atoms with Crippen molar-refractivity contribution in [3.63, 3.8) is 0 Å². The highest BCUT2D eigenvalue weighted by Gasteiger charge is 2.55. The van der Waals surface area contributed by atoms with Crippen LogP contribution in [-0.2, 0) is 19.3 Å². The van der Waals surface area contributed by atoms with Crippen LogP contribution in [0.5, 0.6) is 0 Å². The Balaban J connectivity index is 1.72. The molecule has 0 radical (unpaired) electrons. The molecule has 1 aliphatic carbocycles. The van der Waals surface area contributed by atoms with E-state index in [1.54, 1.807) is 12.1 Å². The van der Waals surface area contributed by atoms with Gasteiger partial charge in [-0.1, -0.05) is 0 Å². The molecule has 1 saturated carbocycles. The van der Waals surface area contributed by atoms with Crippen LogP contribution in [0.2, 0.25) is 0 Å². The number of nitrogens with one attached hydrogen (secondary N) is 2. The topological polar surface area (TPSA) is 134 Å². The van der Waals surface area contributed by atoms with E-state index in [2.05, 4.69) is 20.6 Å². The molecule has 2 heterocycles. The number of aliphatic hydroxyl groups excluding tert-OH is 1. The monoisotopic (exact) mass is 493 g/mol. The molecule has 12 heteroatoms. The van der Waals surface area contributed by atoms with Crippen LogP contribution in [-0.4, -0.2) is 74.7 Å². The zero-order valence-electron chi connectivity index (χ0n) is 19.0. The predicted molar refractivity (Wildman–Crippen MR) is 125 cm³/mol. The number of carbonyl (C=O) groups is 1. The third-order valence-electron chi connectivity index (χ3n) is 6.13. The van der Waals surface area contributed by atoms with E-state index in [1.807, 2.05) is 11.8 Å². The van der Waals surface area contributed by atoms with Gasteiger partial charge in [-0.25, -0.2) is 27.6 Å². The van der Waals surface area contributed by atoms with Gasteiger partial charge in [-0.15, -0.1) is 0 Å². The molecule has 2 fully saturated rings. The fourth-order valence-electron chi connectivity index (χ4n) is 4.03. The number of hydrogen-bond acceptors (Lipinski definition) is 8. The van der Waals surface area contributed by atoms with Gasteiger partial charge in [-0.05, 0) is 38.0 Å². The molecule has 0 spiro atoms. The van der Waals surface area contributed by atoms with E-state index in [1.165, 1.54) is 18.4 Å². The molecular weight excluding hydrogens is 465 g/mol. The Bertz CT molecular complexity index is 1190. The van der Waals surface area contributed by atoms with Gasteiger partial charge in [0.25, 0.3) is 0 Å². The second-order valence-electron chi connectivity index (χ2n) is 8.62. The molecule has 1 aliphatic heterocycles. The molecule has 1 aromatic heterocycles. The van der Waals surface area contributed by atoms with Crippen molar-refractivity contribution >= 4 is 27.4 Å². The summed E-state index contributed by atoms with van der Waals surface area (Å²) < 4.78 is 44.4. The number of urea groups is 1. The third-order valence-corrected chi connectivity index (χ3v) is 8.17. The molecule has 1 aromatic carbocycles. The average molecular weight is 494 g/mol. The quantitative estimate of drug-likeness (QED) is 0.530. The number of benzene rings is 1. The number of amides is 2. The van der Waals surface area contributed by atoms with Crippen molar-refractivity contribution in [3.8, 4) is 11.4 Å². The summed E-state index contributed by atoms with van der Waals surface area (Å²) in [4.78, 5) is 23.0. The fraction of sp³-hybridized carbons (Fsp3) is 0.500. The van der Waals surface area contributed by atoms with Crippen LogP contribution in [0.25, 0.3) is 11.4 Å². The first-order chi connectivity index (χ1) is 16.1. The van der Waals surface area contributed by atoms with Crippen molar-refractivity contribution in [2.75, 3.05) is 49.4 Å². The second kappa shape index (κ2) is 9.43. The predicted octanol–water partition coefficient (Wildman–Crippen LogP) is 1.66. The summed E-state index contributed by atoms with van der Waals surface area (Å²) >= 11 is 0. The first-order valence-corrected chi connectivity index (χ1v) is 12.9. The molecule has 1 atom stereocenters.